The number of carbonyl (C=O) groups excluding carboxylic acids is 1. The molecular weight excluding hydrogens is 350 g/mol. The summed E-state index contributed by atoms with van der Waals surface area (Å²) < 4.78 is 5.19. The number of nitrogens with one attached hydrogen (secondary N) is 2. The quantitative estimate of drug-likeness (QED) is 0.815. The van der Waals surface area contributed by atoms with Crippen molar-refractivity contribution in [3.8, 4) is 5.75 Å². The molecule has 0 aliphatic carbocycles. The average Bonchev–Trinajstić information content (AvgIpc) is 2.67. The predicted octanol–water partition coefficient (Wildman–Crippen LogP) is 3.32. The standard InChI is InChI=1S/C20H24ClN3O2/c1-26-18-7-3-6-17(13-18)23-20(25)8-10-24-11-9-22-14-19(24)15-4-2-5-16(21)12-15/h2-7,12-13,19,22H,8-11,14H2,1H3,(H,23,25). The highest BCUT2D eigenvalue weighted by Crippen LogP contribution is 2.25. The van der Waals surface area contributed by atoms with Crippen LogP contribution < -0.4 is 15.4 Å². The number of amides is 1. The van der Waals surface area contributed by atoms with E-state index in [4.69, 9.17) is 16.3 Å². The van der Waals surface area contributed by atoms with E-state index in [1.807, 2.05) is 42.5 Å². The number of halogens is 1. The number of carbonyl (C=O) groups is 1. The van der Waals surface area contributed by atoms with Crippen LogP contribution in [0.15, 0.2) is 48.5 Å². The van der Waals surface area contributed by atoms with E-state index in [9.17, 15) is 4.79 Å². The van der Waals surface area contributed by atoms with E-state index in [1.165, 1.54) is 5.56 Å². The Morgan fingerprint density at radius 1 is 1.31 bits per heavy atom. The van der Waals surface area contributed by atoms with Crippen LogP contribution in [0, 0.1) is 0 Å². The van der Waals surface area contributed by atoms with Gasteiger partial charge in [-0.3, -0.25) is 9.69 Å². The van der Waals surface area contributed by atoms with Crippen LogP contribution in [0.3, 0.4) is 0 Å². The summed E-state index contributed by atoms with van der Waals surface area (Å²) in [6, 6.07) is 15.6. The van der Waals surface area contributed by atoms with E-state index in [0.29, 0.717) is 13.0 Å². The van der Waals surface area contributed by atoms with Gasteiger partial charge >= 0.3 is 0 Å². The van der Waals surface area contributed by atoms with E-state index in [-0.39, 0.29) is 11.9 Å². The Bertz CT molecular complexity index is 753. The van der Waals surface area contributed by atoms with E-state index in [1.54, 1.807) is 7.11 Å². The molecule has 1 heterocycles. The van der Waals surface area contributed by atoms with Gasteiger partial charge in [-0.05, 0) is 29.8 Å². The van der Waals surface area contributed by atoms with Crippen LogP contribution >= 0.6 is 11.6 Å². The molecule has 2 aromatic rings. The van der Waals surface area contributed by atoms with Crippen molar-refractivity contribution in [2.75, 3.05) is 38.6 Å². The molecule has 0 radical (unpaired) electrons. The number of methoxy groups -OCH3 is 1. The number of anilines is 1. The molecule has 1 aliphatic heterocycles. The third kappa shape index (κ3) is 4.97. The molecule has 1 saturated heterocycles. The van der Waals surface area contributed by atoms with Gasteiger partial charge in [0.15, 0.2) is 0 Å². The van der Waals surface area contributed by atoms with Gasteiger partial charge in [0, 0.05) is 55.4 Å². The number of rotatable bonds is 6. The number of piperazine rings is 1. The normalized spacial score (nSPS) is 17.7. The molecule has 138 valence electrons. The fraction of sp³-hybridized carbons (Fsp3) is 0.350. The fourth-order valence-electron chi connectivity index (χ4n) is 3.23. The Morgan fingerprint density at radius 3 is 2.96 bits per heavy atom. The second-order valence-corrected chi connectivity index (χ2v) is 6.78. The van der Waals surface area contributed by atoms with Crippen LogP contribution in [0.1, 0.15) is 18.0 Å². The second-order valence-electron chi connectivity index (χ2n) is 6.34. The van der Waals surface area contributed by atoms with Gasteiger partial charge in [-0.2, -0.15) is 0 Å². The lowest BCUT2D eigenvalue weighted by Gasteiger charge is -2.36. The molecule has 3 rings (SSSR count). The van der Waals surface area contributed by atoms with E-state index in [2.05, 4.69) is 21.6 Å². The van der Waals surface area contributed by atoms with Crippen molar-refractivity contribution in [1.29, 1.82) is 0 Å². The predicted molar refractivity (Wildman–Crippen MR) is 105 cm³/mol. The lowest BCUT2D eigenvalue weighted by Crippen LogP contribution is -2.46. The van der Waals surface area contributed by atoms with Crippen LogP contribution in [0.2, 0.25) is 5.02 Å². The molecule has 2 aromatic carbocycles. The first-order chi connectivity index (χ1) is 12.7. The Kier molecular flexibility index (Phi) is 6.50. The van der Waals surface area contributed by atoms with Crippen molar-refractivity contribution in [1.82, 2.24) is 10.2 Å². The minimum absolute atomic E-state index is 0.00151. The molecule has 0 aromatic heterocycles. The van der Waals surface area contributed by atoms with Gasteiger partial charge in [-0.1, -0.05) is 29.8 Å². The summed E-state index contributed by atoms with van der Waals surface area (Å²) in [5.41, 5.74) is 1.93. The van der Waals surface area contributed by atoms with Crippen LogP contribution in [-0.2, 0) is 4.79 Å². The van der Waals surface area contributed by atoms with Crippen LogP contribution in [0.4, 0.5) is 5.69 Å². The van der Waals surface area contributed by atoms with Crippen molar-refractivity contribution in [3.05, 3.63) is 59.1 Å². The minimum atomic E-state index is 0.00151. The zero-order chi connectivity index (χ0) is 18.4. The highest BCUT2D eigenvalue weighted by atomic mass is 35.5. The smallest absolute Gasteiger partial charge is 0.225 e. The maximum atomic E-state index is 12.3. The summed E-state index contributed by atoms with van der Waals surface area (Å²) in [6.45, 7) is 3.39. The molecule has 0 spiro atoms. The van der Waals surface area contributed by atoms with E-state index >= 15 is 0 Å². The lowest BCUT2D eigenvalue weighted by molar-refractivity contribution is -0.116. The van der Waals surface area contributed by atoms with Gasteiger partial charge in [-0.15, -0.1) is 0 Å². The Hall–Kier alpha value is -2.08. The second kappa shape index (κ2) is 9.03. The van der Waals surface area contributed by atoms with E-state index < -0.39 is 0 Å². The van der Waals surface area contributed by atoms with Crippen molar-refractivity contribution in [2.24, 2.45) is 0 Å². The maximum absolute atomic E-state index is 12.3. The van der Waals surface area contributed by atoms with Gasteiger partial charge in [0.25, 0.3) is 0 Å². The molecule has 6 heteroatoms. The molecule has 2 N–H and O–H groups in total. The zero-order valence-corrected chi connectivity index (χ0v) is 15.6. The topological polar surface area (TPSA) is 53.6 Å². The largest absolute Gasteiger partial charge is 0.497 e. The highest BCUT2D eigenvalue weighted by Gasteiger charge is 2.24. The van der Waals surface area contributed by atoms with Crippen molar-refractivity contribution >= 4 is 23.2 Å². The van der Waals surface area contributed by atoms with Gasteiger partial charge in [0.1, 0.15) is 5.75 Å². The van der Waals surface area contributed by atoms with E-state index in [0.717, 1.165) is 36.1 Å². The molecule has 1 aliphatic rings. The van der Waals surface area contributed by atoms with Crippen LogP contribution in [-0.4, -0.2) is 44.1 Å². The number of hydrogen-bond acceptors (Lipinski definition) is 4. The SMILES string of the molecule is COc1cccc(NC(=O)CCN2CCNCC2c2cccc(Cl)c2)c1. The highest BCUT2D eigenvalue weighted by molar-refractivity contribution is 6.30. The lowest BCUT2D eigenvalue weighted by atomic mass is 10.0. The molecule has 1 unspecified atom stereocenters. The fourth-order valence-corrected chi connectivity index (χ4v) is 3.42. The Balaban J connectivity index is 1.58. The summed E-state index contributed by atoms with van der Waals surface area (Å²) >= 11 is 6.14. The molecule has 1 amide bonds. The summed E-state index contributed by atoms with van der Waals surface area (Å²) in [6.07, 6.45) is 0.439. The average molecular weight is 374 g/mol. The number of benzene rings is 2. The minimum Gasteiger partial charge on any atom is -0.497 e. The van der Waals surface area contributed by atoms with Crippen molar-refractivity contribution in [2.45, 2.75) is 12.5 Å². The molecule has 5 nitrogen and oxygen atoms in total. The molecule has 1 fully saturated rings. The van der Waals surface area contributed by atoms with Gasteiger partial charge in [0.2, 0.25) is 5.91 Å². The number of hydrogen-bond donors (Lipinski definition) is 2. The summed E-state index contributed by atoms with van der Waals surface area (Å²) in [4.78, 5) is 14.7. The number of nitrogens with zero attached hydrogens (tertiary/aromatic N) is 1. The van der Waals surface area contributed by atoms with Crippen LogP contribution in [0.25, 0.3) is 0 Å². The molecule has 1 atom stereocenters. The van der Waals surface area contributed by atoms with Gasteiger partial charge < -0.3 is 15.4 Å². The molecule has 0 saturated carbocycles. The van der Waals surface area contributed by atoms with Gasteiger partial charge in [-0.25, -0.2) is 0 Å². The first kappa shape index (κ1) is 18.7. The zero-order valence-electron chi connectivity index (χ0n) is 14.9. The van der Waals surface area contributed by atoms with Gasteiger partial charge in [0.05, 0.1) is 7.11 Å². The number of ether oxygens (including phenoxy) is 1. The van der Waals surface area contributed by atoms with Crippen molar-refractivity contribution in [3.63, 3.8) is 0 Å². The Morgan fingerprint density at radius 2 is 2.15 bits per heavy atom. The first-order valence-corrected chi connectivity index (χ1v) is 9.17. The monoisotopic (exact) mass is 373 g/mol. The Labute approximate surface area is 159 Å². The summed E-state index contributed by atoms with van der Waals surface area (Å²) in [5.74, 6) is 0.729. The third-order valence-corrected chi connectivity index (χ3v) is 4.80. The summed E-state index contributed by atoms with van der Waals surface area (Å²) in [5, 5.41) is 7.10. The molecular formula is C20H24ClN3O2. The first-order valence-electron chi connectivity index (χ1n) is 8.80. The van der Waals surface area contributed by atoms with Crippen molar-refractivity contribution < 1.29 is 9.53 Å². The maximum Gasteiger partial charge on any atom is 0.225 e. The summed E-state index contributed by atoms with van der Waals surface area (Å²) in [7, 11) is 1.61. The molecule has 0 bridgehead atoms. The van der Waals surface area contributed by atoms with Crippen LogP contribution in [0.5, 0.6) is 5.75 Å². The third-order valence-electron chi connectivity index (χ3n) is 4.57. The molecule has 26 heavy (non-hydrogen) atoms.